The maximum Gasteiger partial charge on any atom is 0.407 e. The van der Waals surface area contributed by atoms with Crippen molar-refractivity contribution in [3.8, 4) is 0 Å². The first-order valence-corrected chi connectivity index (χ1v) is 13.7. The SMILES string of the molecule is C[C@H]1CN(c2ccncc2N)C[C@@H](NC(=O)OC(C)(C)C)[C@@H]1CC(C)(C)[Si](C)(C)O. The van der Waals surface area contributed by atoms with Crippen LogP contribution in [0.3, 0.4) is 0 Å². The molecule has 0 aliphatic carbocycles. The summed E-state index contributed by atoms with van der Waals surface area (Å²) >= 11 is 0. The lowest BCUT2D eigenvalue weighted by molar-refractivity contribution is 0.0457. The summed E-state index contributed by atoms with van der Waals surface area (Å²) in [4.78, 5) is 29.8. The molecule has 170 valence electrons. The van der Waals surface area contributed by atoms with Gasteiger partial charge in [-0.25, -0.2) is 4.79 Å². The molecule has 1 aliphatic rings. The minimum absolute atomic E-state index is 0.119. The van der Waals surface area contributed by atoms with Crippen LogP contribution in [0.2, 0.25) is 18.1 Å². The molecule has 7 nitrogen and oxygen atoms in total. The van der Waals surface area contributed by atoms with Gasteiger partial charge in [0.25, 0.3) is 0 Å². The predicted octanol–water partition coefficient (Wildman–Crippen LogP) is 4.00. The second kappa shape index (κ2) is 8.75. The lowest BCUT2D eigenvalue weighted by Gasteiger charge is -2.48. The van der Waals surface area contributed by atoms with Gasteiger partial charge in [0.05, 0.1) is 23.6 Å². The van der Waals surface area contributed by atoms with E-state index >= 15 is 0 Å². The summed E-state index contributed by atoms with van der Waals surface area (Å²) < 4.78 is 5.54. The number of piperidine rings is 1. The first-order valence-electron chi connectivity index (χ1n) is 10.8. The van der Waals surface area contributed by atoms with Crippen molar-refractivity contribution >= 4 is 25.8 Å². The average Bonchev–Trinajstić information content (AvgIpc) is 2.55. The second-order valence-electron chi connectivity index (χ2n) is 10.9. The monoisotopic (exact) mass is 436 g/mol. The summed E-state index contributed by atoms with van der Waals surface area (Å²) in [6.07, 6.45) is 3.82. The van der Waals surface area contributed by atoms with Crippen LogP contribution in [-0.4, -0.2) is 48.9 Å². The van der Waals surface area contributed by atoms with Crippen LogP contribution in [0.1, 0.15) is 48.0 Å². The van der Waals surface area contributed by atoms with Crippen LogP contribution < -0.4 is 16.0 Å². The van der Waals surface area contributed by atoms with Crippen molar-refractivity contribution in [2.24, 2.45) is 11.8 Å². The van der Waals surface area contributed by atoms with Gasteiger partial charge in [-0.05, 0) is 63.2 Å². The summed E-state index contributed by atoms with van der Waals surface area (Å²) in [5.74, 6) is 0.507. The highest BCUT2D eigenvalue weighted by molar-refractivity contribution is 6.72. The molecule has 1 saturated heterocycles. The number of amides is 1. The fraction of sp³-hybridized carbons (Fsp3) is 0.727. The standard InChI is InChI=1S/C22H40N4O3Si/c1-15-13-26(19-9-10-24-12-17(19)23)14-18(25-20(27)29-21(2,3)4)16(15)11-22(5,6)30(7,8)28/h9-10,12,15-16,18,28H,11,13-14,23H2,1-8H3,(H,25,27)/t15-,16+,18+/m0/s1. The Hall–Kier alpha value is -1.80. The number of carbonyl (C=O) groups excluding carboxylic acids is 1. The minimum atomic E-state index is -2.38. The van der Waals surface area contributed by atoms with Crippen molar-refractivity contribution in [3.63, 3.8) is 0 Å². The molecular weight excluding hydrogens is 396 g/mol. The van der Waals surface area contributed by atoms with E-state index in [4.69, 9.17) is 10.5 Å². The van der Waals surface area contributed by atoms with Crippen LogP contribution in [0.25, 0.3) is 0 Å². The van der Waals surface area contributed by atoms with Crippen LogP contribution in [0.5, 0.6) is 0 Å². The quantitative estimate of drug-likeness (QED) is 0.603. The number of alkyl carbamates (subject to hydrolysis) is 1. The van der Waals surface area contributed by atoms with Gasteiger partial charge in [-0.3, -0.25) is 4.98 Å². The zero-order chi connectivity index (χ0) is 22.9. The molecule has 1 fully saturated rings. The molecule has 0 unspecified atom stereocenters. The highest BCUT2D eigenvalue weighted by Crippen LogP contribution is 2.45. The van der Waals surface area contributed by atoms with Crippen molar-refractivity contribution in [3.05, 3.63) is 18.5 Å². The second-order valence-corrected chi connectivity index (χ2v) is 15.4. The van der Waals surface area contributed by atoms with Gasteiger partial charge in [0.15, 0.2) is 8.32 Å². The lowest BCUT2D eigenvalue weighted by Crippen LogP contribution is -2.58. The van der Waals surface area contributed by atoms with Gasteiger partial charge in [0, 0.05) is 19.3 Å². The van der Waals surface area contributed by atoms with Crippen molar-refractivity contribution < 1.29 is 14.3 Å². The molecular formula is C22H40N4O3Si. The van der Waals surface area contributed by atoms with Gasteiger partial charge in [0.2, 0.25) is 0 Å². The Morgan fingerprint density at radius 3 is 2.50 bits per heavy atom. The van der Waals surface area contributed by atoms with Crippen LogP contribution in [-0.2, 0) is 4.74 Å². The summed E-state index contributed by atoms with van der Waals surface area (Å²) in [5, 5.41) is 2.94. The zero-order valence-corrected chi connectivity index (χ0v) is 20.8. The summed E-state index contributed by atoms with van der Waals surface area (Å²) in [6, 6.07) is 1.80. The fourth-order valence-electron chi connectivity index (χ4n) is 4.01. The molecule has 0 aromatic carbocycles. The number of pyridine rings is 1. The van der Waals surface area contributed by atoms with Crippen LogP contribution in [0, 0.1) is 11.8 Å². The van der Waals surface area contributed by atoms with Crippen molar-refractivity contribution in [2.75, 3.05) is 23.7 Å². The van der Waals surface area contributed by atoms with E-state index in [1.807, 2.05) is 39.9 Å². The molecule has 30 heavy (non-hydrogen) atoms. The Kier molecular flexibility index (Phi) is 7.13. The molecule has 0 saturated carbocycles. The number of nitrogens with two attached hydrogens (primary N) is 1. The van der Waals surface area contributed by atoms with E-state index in [9.17, 15) is 9.59 Å². The molecule has 2 rings (SSSR count). The van der Waals surface area contributed by atoms with Crippen LogP contribution in [0.4, 0.5) is 16.2 Å². The van der Waals surface area contributed by atoms with Gasteiger partial charge in [-0.2, -0.15) is 0 Å². The third-order valence-electron chi connectivity index (χ3n) is 6.45. The van der Waals surface area contributed by atoms with Crippen molar-refractivity contribution in [1.82, 2.24) is 10.3 Å². The van der Waals surface area contributed by atoms with Crippen LogP contribution in [0.15, 0.2) is 18.5 Å². The third kappa shape index (κ3) is 6.10. The molecule has 3 atom stereocenters. The number of aromatic nitrogens is 1. The van der Waals surface area contributed by atoms with Gasteiger partial charge in [-0.1, -0.05) is 20.8 Å². The number of anilines is 2. The van der Waals surface area contributed by atoms with E-state index in [0.29, 0.717) is 18.2 Å². The Balaban J connectivity index is 2.30. The summed E-state index contributed by atoms with van der Waals surface area (Å²) in [5.41, 5.74) is 7.18. The molecule has 1 aromatic heterocycles. The number of ether oxygens (including phenoxy) is 1. The molecule has 1 amide bonds. The summed E-state index contributed by atoms with van der Waals surface area (Å²) in [6.45, 7) is 17.5. The van der Waals surface area contributed by atoms with Gasteiger partial charge in [-0.15, -0.1) is 0 Å². The number of nitrogen functional groups attached to an aromatic ring is 1. The maximum atomic E-state index is 12.6. The predicted molar refractivity (Wildman–Crippen MR) is 125 cm³/mol. The number of rotatable bonds is 5. The van der Waals surface area contributed by atoms with E-state index in [2.05, 4.69) is 36.0 Å². The molecule has 4 N–H and O–H groups in total. The van der Waals surface area contributed by atoms with Crippen molar-refractivity contribution in [1.29, 1.82) is 0 Å². The number of hydrogen-bond donors (Lipinski definition) is 3. The Morgan fingerprint density at radius 1 is 1.33 bits per heavy atom. The topological polar surface area (TPSA) is 101 Å². The zero-order valence-electron chi connectivity index (χ0n) is 19.8. The van der Waals surface area contributed by atoms with Gasteiger partial charge < -0.3 is 25.5 Å². The highest BCUT2D eigenvalue weighted by Gasteiger charge is 2.45. The number of hydrogen-bond acceptors (Lipinski definition) is 6. The average molecular weight is 437 g/mol. The van der Waals surface area contributed by atoms with Gasteiger partial charge in [0.1, 0.15) is 5.60 Å². The largest absolute Gasteiger partial charge is 0.444 e. The molecule has 0 spiro atoms. The molecule has 0 radical (unpaired) electrons. The Bertz CT molecular complexity index is 743. The normalized spacial score (nSPS) is 23.2. The molecule has 1 aliphatic heterocycles. The molecule has 8 heteroatoms. The molecule has 2 heterocycles. The third-order valence-corrected chi connectivity index (χ3v) is 9.96. The Labute approximate surface area is 182 Å². The van der Waals surface area contributed by atoms with E-state index in [1.54, 1.807) is 12.4 Å². The number of nitrogens with zero attached hydrogens (tertiary/aromatic N) is 2. The van der Waals surface area contributed by atoms with E-state index in [1.165, 1.54) is 0 Å². The van der Waals surface area contributed by atoms with E-state index < -0.39 is 20.0 Å². The Morgan fingerprint density at radius 2 is 1.97 bits per heavy atom. The summed E-state index contributed by atoms with van der Waals surface area (Å²) in [7, 11) is -2.38. The number of carbonyl (C=O) groups is 1. The molecule has 0 bridgehead atoms. The highest BCUT2D eigenvalue weighted by atomic mass is 28.4. The minimum Gasteiger partial charge on any atom is -0.444 e. The smallest absolute Gasteiger partial charge is 0.407 e. The van der Waals surface area contributed by atoms with E-state index in [-0.39, 0.29) is 17.0 Å². The fourth-order valence-corrected chi connectivity index (χ4v) is 4.74. The first-order chi connectivity index (χ1) is 13.6. The van der Waals surface area contributed by atoms with Crippen LogP contribution >= 0.6 is 0 Å². The number of nitrogens with one attached hydrogen (secondary N) is 1. The maximum absolute atomic E-state index is 12.6. The first kappa shape index (κ1) is 24.5. The molecule has 1 aromatic rings. The van der Waals surface area contributed by atoms with Gasteiger partial charge >= 0.3 is 6.09 Å². The van der Waals surface area contributed by atoms with Crippen molar-refractivity contribution in [2.45, 2.75) is 77.7 Å². The van der Waals surface area contributed by atoms with E-state index in [0.717, 1.165) is 18.7 Å². The lowest BCUT2D eigenvalue weighted by atomic mass is 9.77.